The Morgan fingerprint density at radius 1 is 1.15 bits per heavy atom. The second kappa shape index (κ2) is 8.59. The molecule has 0 radical (unpaired) electrons. The number of phenolic OH excluding ortho intramolecular Hbond substituents is 1. The molecule has 214 valence electrons. The molecule has 0 spiro atoms. The number of aliphatic hydroxyl groups is 3. The summed E-state index contributed by atoms with van der Waals surface area (Å²) in [6.07, 6.45) is -0.352. The predicted molar refractivity (Wildman–Crippen MR) is 138 cm³/mol. The SMILES string of the molecule is CN(C)[C@@H]1C(=O)C(C(N)=O)=C(O)[C@@]2(O)C(=O)C3=C(O)c4c(O)c5c(c(F)c4C[C@H]3C[C@@H]12)CN(C)C(C)(C)C(=O)N5. The van der Waals surface area contributed by atoms with Crippen molar-refractivity contribution in [2.75, 3.05) is 26.5 Å². The number of nitrogens with two attached hydrogens (primary N) is 1. The Balaban J connectivity index is 1.74. The number of ketones is 2. The van der Waals surface area contributed by atoms with Gasteiger partial charge >= 0.3 is 0 Å². The highest BCUT2D eigenvalue weighted by molar-refractivity contribution is 6.24. The van der Waals surface area contributed by atoms with Crippen LogP contribution in [0.2, 0.25) is 0 Å². The van der Waals surface area contributed by atoms with E-state index in [9.17, 15) is 39.6 Å². The minimum atomic E-state index is -2.80. The third kappa shape index (κ3) is 3.34. The van der Waals surface area contributed by atoms with E-state index in [2.05, 4.69) is 5.32 Å². The Kier molecular flexibility index (Phi) is 5.96. The van der Waals surface area contributed by atoms with Crippen LogP contribution in [0.15, 0.2) is 16.9 Å². The summed E-state index contributed by atoms with van der Waals surface area (Å²) in [4.78, 5) is 55.1. The van der Waals surface area contributed by atoms with Gasteiger partial charge in [-0.1, -0.05) is 0 Å². The molecule has 2 amide bonds. The highest BCUT2D eigenvalue weighted by Crippen LogP contribution is 2.54. The number of aromatic hydroxyl groups is 1. The van der Waals surface area contributed by atoms with Crippen molar-refractivity contribution in [2.45, 2.75) is 50.4 Å². The first-order chi connectivity index (χ1) is 18.5. The van der Waals surface area contributed by atoms with Crippen LogP contribution < -0.4 is 11.1 Å². The number of benzene rings is 1. The van der Waals surface area contributed by atoms with Crippen molar-refractivity contribution in [2.24, 2.45) is 17.6 Å². The maximum absolute atomic E-state index is 16.1. The van der Waals surface area contributed by atoms with Crippen molar-refractivity contribution in [1.29, 1.82) is 0 Å². The number of phenols is 1. The summed E-state index contributed by atoms with van der Waals surface area (Å²) < 4.78 is 16.1. The maximum Gasteiger partial charge on any atom is 0.255 e. The highest BCUT2D eigenvalue weighted by atomic mass is 19.1. The summed E-state index contributed by atoms with van der Waals surface area (Å²) in [5.74, 6) is -9.61. The van der Waals surface area contributed by atoms with Gasteiger partial charge in [0.25, 0.3) is 5.91 Å². The lowest BCUT2D eigenvalue weighted by Gasteiger charge is -2.50. The maximum atomic E-state index is 16.1. The van der Waals surface area contributed by atoms with Crippen LogP contribution in [0.5, 0.6) is 5.75 Å². The van der Waals surface area contributed by atoms with Crippen LogP contribution in [0.4, 0.5) is 10.1 Å². The third-order valence-corrected chi connectivity index (χ3v) is 9.06. The van der Waals surface area contributed by atoms with Gasteiger partial charge < -0.3 is 31.5 Å². The fourth-order valence-corrected chi connectivity index (χ4v) is 6.55. The minimum absolute atomic E-state index is 0.00161. The monoisotopic (exact) mass is 558 g/mol. The average Bonchev–Trinajstić information content (AvgIpc) is 2.94. The zero-order valence-corrected chi connectivity index (χ0v) is 22.6. The predicted octanol–water partition coefficient (Wildman–Crippen LogP) is 0.266. The number of anilines is 1. The number of carbonyl (C=O) groups excluding carboxylic acids is 4. The summed E-state index contributed by atoms with van der Waals surface area (Å²) in [6, 6.07) is -1.24. The van der Waals surface area contributed by atoms with Crippen LogP contribution in [0, 0.1) is 17.7 Å². The lowest BCUT2D eigenvalue weighted by molar-refractivity contribution is -0.153. The number of nitrogens with zero attached hydrogens (tertiary/aromatic N) is 2. The molecule has 0 saturated heterocycles. The third-order valence-electron chi connectivity index (χ3n) is 9.06. The molecule has 12 nitrogen and oxygen atoms in total. The number of hydrogen-bond acceptors (Lipinski definition) is 10. The molecular formula is C27H31FN4O8. The number of Topliss-reactive ketones (excluding diaryl/α,β-unsaturated/α-hetero) is 2. The topological polar surface area (TPSA) is 194 Å². The number of hydrogen-bond donors (Lipinski definition) is 6. The second-order valence-corrected chi connectivity index (χ2v) is 11.7. The standard InChI is InChI=1S/C27H31FN4O8/c1-26(2)25(39)30-17-11(8-32(26)5)16(28)10-6-9-7-12-18(31(3)4)21(35)15(24(29)38)23(37)27(12,40)22(36)13(9)19(33)14(10)20(17)34/h9,12,18,33-34,37,40H,6-8H2,1-5H3,(H2,29,38)(H,30,39)/t9-,12-,18-,27-/m0/s1. The normalized spacial score (nSPS) is 29.9. The molecule has 1 aromatic carbocycles. The molecule has 0 bridgehead atoms. The Bertz CT molecular complexity index is 1500. The Hall–Kier alpha value is -3.81. The van der Waals surface area contributed by atoms with Crippen LogP contribution in [0.3, 0.4) is 0 Å². The summed E-state index contributed by atoms with van der Waals surface area (Å²) in [7, 11) is 4.61. The first-order valence-electron chi connectivity index (χ1n) is 12.7. The van der Waals surface area contributed by atoms with Crippen LogP contribution >= 0.6 is 0 Å². The Labute approximate surface area is 228 Å². The van der Waals surface area contributed by atoms with E-state index in [1.54, 1.807) is 25.8 Å². The molecule has 1 aromatic rings. The molecule has 4 atom stereocenters. The number of likely N-dealkylation sites (N-methyl/N-ethyl adjacent to an activating group) is 2. The molecule has 5 rings (SSSR count). The number of nitrogens with one attached hydrogen (secondary N) is 1. The highest BCUT2D eigenvalue weighted by Gasteiger charge is 2.64. The average molecular weight is 559 g/mol. The molecule has 1 aliphatic heterocycles. The van der Waals surface area contributed by atoms with Crippen LogP contribution in [0.1, 0.15) is 37.0 Å². The largest absolute Gasteiger partial charge is 0.508 e. The first kappa shape index (κ1) is 27.7. The number of primary amides is 1. The van der Waals surface area contributed by atoms with Crippen molar-refractivity contribution < 1.29 is 44.0 Å². The fraction of sp³-hybridized carbons (Fsp3) is 0.481. The van der Waals surface area contributed by atoms with E-state index in [0.717, 1.165) is 0 Å². The summed E-state index contributed by atoms with van der Waals surface area (Å²) >= 11 is 0. The summed E-state index contributed by atoms with van der Waals surface area (Å²) in [6.45, 7) is 3.20. The lowest BCUT2D eigenvalue weighted by atomic mass is 9.57. The zero-order chi connectivity index (χ0) is 29.8. The van der Waals surface area contributed by atoms with Gasteiger partial charge in [0.2, 0.25) is 11.7 Å². The first-order valence-corrected chi connectivity index (χ1v) is 12.7. The van der Waals surface area contributed by atoms with E-state index in [0.29, 0.717) is 0 Å². The van der Waals surface area contributed by atoms with Crippen LogP contribution in [0.25, 0.3) is 5.76 Å². The van der Waals surface area contributed by atoms with Gasteiger partial charge in [0.15, 0.2) is 17.1 Å². The quantitative estimate of drug-likeness (QED) is 0.217. The molecular weight excluding hydrogens is 527 g/mol. The van der Waals surface area contributed by atoms with Gasteiger partial charge in [-0.05, 0) is 53.8 Å². The second-order valence-electron chi connectivity index (χ2n) is 11.7. The van der Waals surface area contributed by atoms with E-state index in [-0.39, 0.29) is 36.2 Å². The molecule has 0 aromatic heterocycles. The summed E-state index contributed by atoms with van der Waals surface area (Å²) in [5.41, 5.74) is -0.643. The van der Waals surface area contributed by atoms with Gasteiger partial charge in [0.05, 0.1) is 22.8 Å². The number of rotatable bonds is 2. The van der Waals surface area contributed by atoms with E-state index in [1.807, 2.05) is 0 Å². The molecule has 13 heteroatoms. The van der Waals surface area contributed by atoms with Crippen LogP contribution in [-0.4, -0.2) is 91.9 Å². The van der Waals surface area contributed by atoms with Crippen molar-refractivity contribution in [1.82, 2.24) is 9.80 Å². The van der Waals surface area contributed by atoms with Gasteiger partial charge in [0.1, 0.15) is 22.9 Å². The Morgan fingerprint density at radius 2 is 1.77 bits per heavy atom. The van der Waals surface area contributed by atoms with E-state index in [1.165, 1.54) is 19.0 Å². The Morgan fingerprint density at radius 3 is 2.35 bits per heavy atom. The molecule has 40 heavy (non-hydrogen) atoms. The van der Waals surface area contributed by atoms with Gasteiger partial charge in [-0.3, -0.25) is 29.0 Å². The van der Waals surface area contributed by atoms with E-state index >= 15 is 4.39 Å². The molecule has 1 fully saturated rings. The van der Waals surface area contributed by atoms with E-state index in [4.69, 9.17) is 5.73 Å². The van der Waals surface area contributed by atoms with Crippen molar-refractivity contribution in [3.63, 3.8) is 0 Å². The number of amides is 2. The molecule has 0 unspecified atom stereocenters. The van der Waals surface area contributed by atoms with Crippen LogP contribution in [-0.2, 0) is 32.1 Å². The molecule has 3 aliphatic carbocycles. The number of halogens is 1. The van der Waals surface area contributed by atoms with E-state index < -0.39 is 92.2 Å². The van der Waals surface area contributed by atoms with Crippen molar-refractivity contribution in [3.05, 3.63) is 39.4 Å². The van der Waals surface area contributed by atoms with Crippen molar-refractivity contribution in [3.8, 4) is 5.75 Å². The van der Waals surface area contributed by atoms with Gasteiger partial charge in [0, 0.05) is 29.2 Å². The number of aliphatic hydroxyl groups excluding tert-OH is 2. The van der Waals surface area contributed by atoms with Gasteiger partial charge in [-0.15, -0.1) is 0 Å². The van der Waals surface area contributed by atoms with Gasteiger partial charge in [-0.25, -0.2) is 4.39 Å². The number of fused-ring (bicyclic) bond motifs is 4. The lowest BCUT2D eigenvalue weighted by Crippen LogP contribution is -2.65. The minimum Gasteiger partial charge on any atom is -0.508 e. The summed E-state index contributed by atoms with van der Waals surface area (Å²) in [5, 5.41) is 47.7. The number of carbonyl (C=O) groups is 4. The molecule has 1 saturated carbocycles. The van der Waals surface area contributed by atoms with Crippen molar-refractivity contribution >= 4 is 34.8 Å². The zero-order valence-electron chi connectivity index (χ0n) is 22.6. The molecule has 4 aliphatic rings. The fourth-order valence-electron chi connectivity index (χ4n) is 6.55. The molecule has 1 heterocycles. The molecule has 7 N–H and O–H groups in total. The smallest absolute Gasteiger partial charge is 0.255 e. The van der Waals surface area contributed by atoms with Gasteiger partial charge in [-0.2, -0.15) is 0 Å².